The van der Waals surface area contributed by atoms with Gasteiger partial charge in [-0.05, 0) is 13.3 Å². The molecular weight excluding hydrogens is 234 g/mol. The molecule has 0 spiro atoms. The van der Waals surface area contributed by atoms with Crippen molar-refractivity contribution in [2.24, 2.45) is 5.14 Å². The number of esters is 1. The highest BCUT2D eigenvalue weighted by molar-refractivity contribution is 7.89. The zero-order valence-corrected chi connectivity index (χ0v) is 9.83. The summed E-state index contributed by atoms with van der Waals surface area (Å²) in [5, 5.41) is 4.93. The monoisotopic (exact) mass is 247 g/mol. The molecule has 1 aromatic heterocycles. The van der Waals surface area contributed by atoms with Crippen LogP contribution in [0.25, 0.3) is 0 Å². The highest BCUT2D eigenvalue weighted by Gasteiger charge is 2.21. The van der Waals surface area contributed by atoms with E-state index in [0.29, 0.717) is 6.42 Å². The molecule has 2 N–H and O–H groups in total. The van der Waals surface area contributed by atoms with E-state index in [-0.39, 0.29) is 23.0 Å². The Kier molecular flexibility index (Phi) is 3.71. The lowest BCUT2D eigenvalue weighted by Gasteiger charge is -1.98. The minimum atomic E-state index is -3.87. The molecule has 0 saturated carbocycles. The van der Waals surface area contributed by atoms with Gasteiger partial charge in [0.25, 0.3) is 0 Å². The van der Waals surface area contributed by atoms with Gasteiger partial charge >= 0.3 is 5.97 Å². The predicted octanol–water partition coefficient (Wildman–Crippen LogP) is 0.802. The molecule has 1 aromatic rings. The van der Waals surface area contributed by atoms with Gasteiger partial charge in [-0.1, -0.05) is 6.92 Å². The van der Waals surface area contributed by atoms with E-state index in [1.54, 1.807) is 0 Å². The maximum absolute atomic E-state index is 11.3. The summed E-state index contributed by atoms with van der Waals surface area (Å²) in [6, 6.07) is 1.07. The van der Waals surface area contributed by atoms with E-state index in [2.05, 4.69) is 0 Å². The standard InChI is InChI=1S/C9H13NO5S/c1-3-4-14-9(11)7-5-8(6(2)15-7)16(10,12)13/h5H,3-4H2,1-2H3,(H2,10,12,13). The van der Waals surface area contributed by atoms with Gasteiger partial charge in [-0.15, -0.1) is 0 Å². The molecule has 0 aliphatic rings. The van der Waals surface area contributed by atoms with Crippen LogP contribution in [-0.4, -0.2) is 21.0 Å². The summed E-state index contributed by atoms with van der Waals surface area (Å²) in [5.74, 6) is -0.777. The van der Waals surface area contributed by atoms with Crippen LogP contribution in [0.3, 0.4) is 0 Å². The molecule has 0 bridgehead atoms. The van der Waals surface area contributed by atoms with E-state index in [1.165, 1.54) is 6.92 Å². The first-order valence-corrected chi connectivity index (χ1v) is 6.21. The zero-order chi connectivity index (χ0) is 12.3. The molecule has 0 amide bonds. The number of primary sulfonamides is 1. The van der Waals surface area contributed by atoms with Crippen molar-refractivity contribution in [1.82, 2.24) is 0 Å². The second-order valence-corrected chi connectivity index (χ2v) is 4.74. The molecule has 6 nitrogen and oxygen atoms in total. The van der Waals surface area contributed by atoms with Gasteiger partial charge < -0.3 is 9.15 Å². The van der Waals surface area contributed by atoms with Gasteiger partial charge in [0.05, 0.1) is 6.61 Å². The maximum Gasteiger partial charge on any atom is 0.374 e. The summed E-state index contributed by atoms with van der Waals surface area (Å²) in [6.45, 7) is 3.51. The van der Waals surface area contributed by atoms with Gasteiger partial charge in [-0.2, -0.15) is 0 Å². The first-order valence-electron chi connectivity index (χ1n) is 4.66. The number of carbonyl (C=O) groups excluding carboxylic acids is 1. The summed E-state index contributed by atoms with van der Waals surface area (Å²) in [4.78, 5) is 11.1. The number of carbonyl (C=O) groups is 1. The summed E-state index contributed by atoms with van der Waals surface area (Å²) >= 11 is 0. The Morgan fingerprint density at radius 1 is 1.56 bits per heavy atom. The van der Waals surface area contributed by atoms with E-state index < -0.39 is 16.0 Å². The summed E-state index contributed by atoms with van der Waals surface area (Å²) in [5.41, 5.74) is 0. The van der Waals surface area contributed by atoms with Gasteiger partial charge in [0.1, 0.15) is 10.7 Å². The molecule has 0 radical (unpaired) electrons. The molecule has 16 heavy (non-hydrogen) atoms. The Morgan fingerprint density at radius 3 is 2.62 bits per heavy atom. The number of sulfonamides is 1. The van der Waals surface area contributed by atoms with Crippen molar-refractivity contribution in [3.8, 4) is 0 Å². The van der Waals surface area contributed by atoms with Gasteiger partial charge in [0.2, 0.25) is 15.8 Å². The Bertz CT molecular complexity index is 488. The fraction of sp³-hybridized carbons (Fsp3) is 0.444. The Hall–Kier alpha value is -1.34. The number of rotatable bonds is 4. The van der Waals surface area contributed by atoms with E-state index >= 15 is 0 Å². The topological polar surface area (TPSA) is 99.6 Å². The fourth-order valence-corrected chi connectivity index (χ4v) is 1.83. The molecule has 0 aliphatic carbocycles. The minimum absolute atomic E-state index is 0.0750. The molecular formula is C9H13NO5S. The molecule has 1 heterocycles. The quantitative estimate of drug-likeness (QED) is 0.793. The lowest BCUT2D eigenvalue weighted by molar-refractivity contribution is 0.0467. The first-order chi connectivity index (χ1) is 7.36. The second-order valence-electron chi connectivity index (χ2n) is 3.21. The Balaban J connectivity index is 2.98. The first kappa shape index (κ1) is 12.7. The van der Waals surface area contributed by atoms with Crippen molar-refractivity contribution in [3.05, 3.63) is 17.6 Å². The van der Waals surface area contributed by atoms with Crippen LogP contribution < -0.4 is 5.14 Å². The lowest BCUT2D eigenvalue weighted by atomic mass is 10.4. The van der Waals surface area contributed by atoms with E-state index in [0.717, 1.165) is 6.07 Å². The Labute approximate surface area is 93.4 Å². The van der Waals surface area contributed by atoms with Crippen molar-refractivity contribution >= 4 is 16.0 Å². The fourth-order valence-electron chi connectivity index (χ4n) is 1.11. The van der Waals surface area contributed by atoms with Crippen molar-refractivity contribution in [3.63, 3.8) is 0 Å². The van der Waals surface area contributed by atoms with Crippen molar-refractivity contribution in [2.75, 3.05) is 6.61 Å². The molecule has 1 rings (SSSR count). The molecule has 0 aromatic carbocycles. The number of hydrogen-bond donors (Lipinski definition) is 1. The van der Waals surface area contributed by atoms with Crippen LogP contribution in [0.15, 0.2) is 15.4 Å². The number of nitrogens with two attached hydrogens (primary N) is 1. The largest absolute Gasteiger partial charge is 0.460 e. The van der Waals surface area contributed by atoms with Crippen LogP contribution in [0.4, 0.5) is 0 Å². The smallest absolute Gasteiger partial charge is 0.374 e. The average molecular weight is 247 g/mol. The van der Waals surface area contributed by atoms with Gasteiger partial charge in [-0.25, -0.2) is 18.4 Å². The molecule has 0 saturated heterocycles. The summed E-state index contributed by atoms with van der Waals surface area (Å²) < 4.78 is 31.9. The third-order valence-corrected chi connectivity index (χ3v) is 2.84. The molecule has 7 heteroatoms. The van der Waals surface area contributed by atoms with Crippen molar-refractivity contribution < 1.29 is 22.4 Å². The second kappa shape index (κ2) is 4.67. The van der Waals surface area contributed by atoms with Crippen LogP contribution in [0.1, 0.15) is 29.7 Å². The number of furan rings is 1. The summed E-state index contributed by atoms with van der Waals surface area (Å²) in [7, 11) is -3.87. The number of ether oxygens (including phenoxy) is 1. The van der Waals surface area contributed by atoms with Gasteiger partial charge in [-0.3, -0.25) is 0 Å². The van der Waals surface area contributed by atoms with Crippen LogP contribution in [-0.2, 0) is 14.8 Å². The third kappa shape index (κ3) is 2.83. The summed E-state index contributed by atoms with van der Waals surface area (Å²) in [6.07, 6.45) is 0.674. The highest BCUT2D eigenvalue weighted by Crippen LogP contribution is 2.19. The lowest BCUT2D eigenvalue weighted by Crippen LogP contribution is -2.12. The normalized spacial score (nSPS) is 11.4. The van der Waals surface area contributed by atoms with Gasteiger partial charge in [0, 0.05) is 6.07 Å². The molecule has 0 atom stereocenters. The van der Waals surface area contributed by atoms with Crippen molar-refractivity contribution in [2.45, 2.75) is 25.2 Å². The molecule has 90 valence electrons. The number of hydrogen-bond acceptors (Lipinski definition) is 5. The molecule has 0 aliphatic heterocycles. The average Bonchev–Trinajstić information content (AvgIpc) is 2.56. The van der Waals surface area contributed by atoms with Crippen LogP contribution >= 0.6 is 0 Å². The molecule has 0 unspecified atom stereocenters. The van der Waals surface area contributed by atoms with Crippen LogP contribution in [0.2, 0.25) is 0 Å². The number of aryl methyl sites for hydroxylation is 1. The van der Waals surface area contributed by atoms with E-state index in [9.17, 15) is 13.2 Å². The maximum atomic E-state index is 11.3. The SMILES string of the molecule is CCCOC(=O)c1cc(S(N)(=O)=O)c(C)o1. The minimum Gasteiger partial charge on any atom is -0.460 e. The van der Waals surface area contributed by atoms with Crippen LogP contribution in [0.5, 0.6) is 0 Å². The third-order valence-electron chi connectivity index (χ3n) is 1.82. The van der Waals surface area contributed by atoms with E-state index in [1.807, 2.05) is 6.92 Å². The zero-order valence-electron chi connectivity index (χ0n) is 9.02. The van der Waals surface area contributed by atoms with E-state index in [4.69, 9.17) is 14.3 Å². The predicted molar refractivity (Wildman–Crippen MR) is 55.4 cm³/mol. The van der Waals surface area contributed by atoms with Crippen molar-refractivity contribution in [1.29, 1.82) is 0 Å². The Morgan fingerprint density at radius 2 is 2.19 bits per heavy atom. The van der Waals surface area contributed by atoms with Crippen LogP contribution in [0, 0.1) is 6.92 Å². The highest BCUT2D eigenvalue weighted by atomic mass is 32.2. The van der Waals surface area contributed by atoms with Gasteiger partial charge in [0.15, 0.2) is 0 Å². The molecule has 0 fully saturated rings.